The molecule has 0 bridgehead atoms. The van der Waals surface area contributed by atoms with Crippen molar-refractivity contribution in [2.45, 2.75) is 65.0 Å². The van der Waals surface area contributed by atoms with Gasteiger partial charge < -0.3 is 15.4 Å². The van der Waals surface area contributed by atoms with E-state index in [1.165, 1.54) is 0 Å². The lowest BCUT2D eigenvalue weighted by Crippen LogP contribution is -2.65. The first-order valence-corrected chi connectivity index (χ1v) is 8.30. The molecular weight excluding hydrogens is 252 g/mol. The summed E-state index contributed by atoms with van der Waals surface area (Å²) in [6, 6.07) is 0.302. The van der Waals surface area contributed by atoms with E-state index in [0.29, 0.717) is 12.1 Å². The molecule has 2 fully saturated rings. The molecule has 20 heavy (non-hydrogen) atoms. The highest BCUT2D eigenvalue weighted by molar-refractivity contribution is 5.79. The maximum absolute atomic E-state index is 12.4. The molecule has 0 aromatic carbocycles. The number of amides is 1. The highest BCUT2D eigenvalue weighted by Crippen LogP contribution is 2.49. The molecular formula is C16H30N2O2. The lowest BCUT2D eigenvalue weighted by atomic mass is 9.58. The van der Waals surface area contributed by atoms with E-state index in [9.17, 15) is 4.79 Å². The van der Waals surface area contributed by atoms with Crippen molar-refractivity contribution < 1.29 is 9.53 Å². The molecule has 0 aromatic rings. The Morgan fingerprint density at radius 3 is 2.45 bits per heavy atom. The summed E-state index contributed by atoms with van der Waals surface area (Å²) in [4.78, 5) is 12.4. The number of piperidine rings is 1. The molecule has 1 amide bonds. The van der Waals surface area contributed by atoms with Crippen LogP contribution < -0.4 is 10.6 Å². The fraction of sp³-hybridized carbons (Fsp3) is 0.938. The van der Waals surface area contributed by atoms with E-state index in [-0.39, 0.29) is 17.2 Å². The van der Waals surface area contributed by atoms with Crippen LogP contribution in [0, 0.1) is 11.3 Å². The van der Waals surface area contributed by atoms with E-state index in [2.05, 4.69) is 31.4 Å². The number of hydrogen-bond donors (Lipinski definition) is 2. The van der Waals surface area contributed by atoms with Gasteiger partial charge >= 0.3 is 0 Å². The van der Waals surface area contributed by atoms with Gasteiger partial charge in [-0.25, -0.2) is 0 Å². The predicted molar refractivity (Wildman–Crippen MR) is 80.6 cm³/mol. The van der Waals surface area contributed by atoms with Gasteiger partial charge in [-0.1, -0.05) is 13.8 Å². The van der Waals surface area contributed by atoms with Crippen molar-refractivity contribution >= 4 is 5.91 Å². The van der Waals surface area contributed by atoms with Crippen LogP contribution >= 0.6 is 0 Å². The van der Waals surface area contributed by atoms with Crippen molar-refractivity contribution in [1.82, 2.24) is 10.6 Å². The molecule has 4 nitrogen and oxygen atoms in total. The normalized spacial score (nSPS) is 29.8. The van der Waals surface area contributed by atoms with E-state index < -0.39 is 0 Å². The molecule has 2 atom stereocenters. The van der Waals surface area contributed by atoms with Crippen LogP contribution in [-0.2, 0) is 9.53 Å². The van der Waals surface area contributed by atoms with Crippen LogP contribution in [0.4, 0.5) is 0 Å². The first-order valence-electron chi connectivity index (χ1n) is 8.30. The monoisotopic (exact) mass is 282 g/mol. The molecule has 1 aliphatic carbocycles. The average molecular weight is 282 g/mol. The SMILES string of the molecule is CCOC1CC(NC(=O)C2CCNCC2)C1(CC)CC. The first-order chi connectivity index (χ1) is 9.67. The predicted octanol–water partition coefficient (Wildman–Crippen LogP) is 2.09. The van der Waals surface area contributed by atoms with Crippen LogP contribution in [0.15, 0.2) is 0 Å². The van der Waals surface area contributed by atoms with Crippen molar-refractivity contribution in [2.24, 2.45) is 11.3 Å². The quantitative estimate of drug-likeness (QED) is 0.784. The average Bonchev–Trinajstić information content (AvgIpc) is 2.48. The van der Waals surface area contributed by atoms with Crippen LogP contribution in [0.5, 0.6) is 0 Å². The Balaban J connectivity index is 1.93. The van der Waals surface area contributed by atoms with Gasteiger partial charge in [0.2, 0.25) is 5.91 Å². The number of hydrogen-bond acceptors (Lipinski definition) is 3. The van der Waals surface area contributed by atoms with Gasteiger partial charge in [-0.05, 0) is 52.1 Å². The van der Waals surface area contributed by atoms with Gasteiger partial charge in [0.05, 0.1) is 6.10 Å². The summed E-state index contributed by atoms with van der Waals surface area (Å²) in [6.45, 7) is 9.20. The van der Waals surface area contributed by atoms with Crippen molar-refractivity contribution in [2.75, 3.05) is 19.7 Å². The van der Waals surface area contributed by atoms with Crippen LogP contribution in [0.2, 0.25) is 0 Å². The van der Waals surface area contributed by atoms with E-state index >= 15 is 0 Å². The standard InChI is InChI=1S/C16H30N2O2/c1-4-16(5-2)13(11-14(16)20-6-3)18-15(19)12-7-9-17-10-8-12/h12-14,17H,4-11H2,1-3H3,(H,18,19). The zero-order valence-electron chi connectivity index (χ0n) is 13.2. The molecule has 1 saturated heterocycles. The Morgan fingerprint density at radius 1 is 1.25 bits per heavy atom. The number of carbonyl (C=O) groups is 1. The van der Waals surface area contributed by atoms with E-state index in [1.807, 2.05) is 0 Å². The van der Waals surface area contributed by atoms with E-state index in [1.54, 1.807) is 0 Å². The van der Waals surface area contributed by atoms with Crippen molar-refractivity contribution in [3.8, 4) is 0 Å². The fourth-order valence-electron chi connectivity index (χ4n) is 3.96. The molecule has 0 radical (unpaired) electrons. The topological polar surface area (TPSA) is 50.4 Å². The van der Waals surface area contributed by atoms with Crippen LogP contribution in [0.3, 0.4) is 0 Å². The third kappa shape index (κ3) is 2.86. The van der Waals surface area contributed by atoms with Crippen molar-refractivity contribution in [1.29, 1.82) is 0 Å². The van der Waals surface area contributed by atoms with Gasteiger partial charge in [-0.15, -0.1) is 0 Å². The zero-order valence-corrected chi connectivity index (χ0v) is 13.2. The van der Waals surface area contributed by atoms with E-state index in [4.69, 9.17) is 4.74 Å². The second-order valence-electron chi connectivity index (χ2n) is 6.21. The highest BCUT2D eigenvalue weighted by atomic mass is 16.5. The minimum Gasteiger partial charge on any atom is -0.378 e. The summed E-state index contributed by atoms with van der Waals surface area (Å²) in [5, 5.41) is 6.63. The van der Waals surface area contributed by atoms with Gasteiger partial charge in [-0.3, -0.25) is 4.79 Å². The molecule has 1 aliphatic heterocycles. The molecule has 1 heterocycles. The molecule has 2 N–H and O–H groups in total. The summed E-state index contributed by atoms with van der Waals surface area (Å²) in [7, 11) is 0. The minimum absolute atomic E-state index is 0.151. The Kier molecular flexibility index (Phi) is 5.44. The van der Waals surface area contributed by atoms with Crippen LogP contribution in [0.1, 0.15) is 52.9 Å². The summed E-state index contributed by atoms with van der Waals surface area (Å²) >= 11 is 0. The second-order valence-corrected chi connectivity index (χ2v) is 6.21. The van der Waals surface area contributed by atoms with Crippen LogP contribution in [-0.4, -0.2) is 37.7 Å². The maximum Gasteiger partial charge on any atom is 0.223 e. The molecule has 0 spiro atoms. The number of carbonyl (C=O) groups excluding carboxylic acids is 1. The molecule has 4 heteroatoms. The number of nitrogens with one attached hydrogen (secondary N) is 2. The van der Waals surface area contributed by atoms with E-state index in [0.717, 1.165) is 51.8 Å². The first kappa shape index (κ1) is 15.8. The van der Waals surface area contributed by atoms with Gasteiger partial charge in [0.15, 0.2) is 0 Å². The van der Waals surface area contributed by atoms with Crippen LogP contribution in [0.25, 0.3) is 0 Å². The van der Waals surface area contributed by atoms with Crippen molar-refractivity contribution in [3.63, 3.8) is 0 Å². The molecule has 116 valence electrons. The van der Waals surface area contributed by atoms with Gasteiger partial charge in [0, 0.05) is 24.0 Å². The molecule has 0 aromatic heterocycles. The Labute approximate surface area is 123 Å². The Bertz CT molecular complexity index is 322. The third-order valence-electron chi connectivity index (χ3n) is 5.50. The lowest BCUT2D eigenvalue weighted by Gasteiger charge is -2.55. The summed E-state index contributed by atoms with van der Waals surface area (Å²) in [5.41, 5.74) is 0.151. The zero-order chi connectivity index (χ0) is 14.6. The molecule has 1 saturated carbocycles. The van der Waals surface area contributed by atoms with Gasteiger partial charge in [-0.2, -0.15) is 0 Å². The maximum atomic E-state index is 12.4. The summed E-state index contributed by atoms with van der Waals surface area (Å²) < 4.78 is 5.87. The Morgan fingerprint density at radius 2 is 1.90 bits per heavy atom. The minimum atomic E-state index is 0.151. The number of rotatable bonds is 6. The molecule has 2 aliphatic rings. The fourth-order valence-corrected chi connectivity index (χ4v) is 3.96. The smallest absolute Gasteiger partial charge is 0.223 e. The van der Waals surface area contributed by atoms with Gasteiger partial charge in [0.1, 0.15) is 0 Å². The largest absolute Gasteiger partial charge is 0.378 e. The number of ether oxygens (including phenoxy) is 1. The summed E-state index contributed by atoms with van der Waals surface area (Å²) in [6.07, 6.45) is 5.39. The molecule has 2 rings (SSSR count). The Hall–Kier alpha value is -0.610. The molecule has 2 unspecified atom stereocenters. The van der Waals surface area contributed by atoms with Crippen molar-refractivity contribution in [3.05, 3.63) is 0 Å². The highest BCUT2D eigenvalue weighted by Gasteiger charge is 2.54. The van der Waals surface area contributed by atoms with Gasteiger partial charge in [0.25, 0.3) is 0 Å². The lowest BCUT2D eigenvalue weighted by molar-refractivity contribution is -0.151. The summed E-state index contributed by atoms with van der Waals surface area (Å²) in [5.74, 6) is 0.464. The third-order valence-corrected chi connectivity index (χ3v) is 5.50. The second kappa shape index (κ2) is 6.90.